The van der Waals surface area contributed by atoms with Crippen LogP contribution in [0.25, 0.3) is 0 Å². The van der Waals surface area contributed by atoms with Crippen LogP contribution in [0, 0.1) is 6.92 Å². The average Bonchev–Trinajstić information content (AvgIpc) is 2.30. The molecule has 0 saturated carbocycles. The van der Waals surface area contributed by atoms with Gasteiger partial charge in [-0.15, -0.1) is 0 Å². The molecule has 1 fully saturated rings. The summed E-state index contributed by atoms with van der Waals surface area (Å²) in [5.41, 5.74) is 1.15. The van der Waals surface area contributed by atoms with Crippen molar-refractivity contribution in [2.75, 3.05) is 32.7 Å². The summed E-state index contributed by atoms with van der Waals surface area (Å²) >= 11 is 0. The van der Waals surface area contributed by atoms with Crippen molar-refractivity contribution in [3.05, 3.63) is 34.2 Å². The van der Waals surface area contributed by atoms with E-state index in [-0.39, 0.29) is 11.6 Å². The molecule has 1 aromatic heterocycles. The van der Waals surface area contributed by atoms with Gasteiger partial charge in [-0.25, -0.2) is 0 Å². The molecule has 1 aliphatic rings. The molecular formula is C13H21N3O. The Balaban J connectivity index is 2.08. The monoisotopic (exact) mass is 235 g/mol. The Morgan fingerprint density at radius 2 is 2.06 bits per heavy atom. The van der Waals surface area contributed by atoms with Crippen molar-refractivity contribution in [3.63, 3.8) is 0 Å². The van der Waals surface area contributed by atoms with Crippen LogP contribution in [0.2, 0.25) is 0 Å². The van der Waals surface area contributed by atoms with Gasteiger partial charge in [0.25, 0.3) is 5.56 Å². The molecule has 0 aliphatic carbocycles. The molecule has 1 saturated heterocycles. The second-order valence-electron chi connectivity index (χ2n) is 4.78. The lowest BCUT2D eigenvalue weighted by Gasteiger charge is -2.30. The van der Waals surface area contributed by atoms with Gasteiger partial charge < -0.3 is 9.88 Å². The van der Waals surface area contributed by atoms with Crippen LogP contribution in [-0.4, -0.2) is 42.2 Å². The lowest BCUT2D eigenvalue weighted by Crippen LogP contribution is -2.46. The van der Waals surface area contributed by atoms with Gasteiger partial charge >= 0.3 is 0 Å². The molecule has 94 valence electrons. The highest BCUT2D eigenvalue weighted by molar-refractivity contribution is 5.05. The van der Waals surface area contributed by atoms with Gasteiger partial charge in [0.05, 0.1) is 0 Å². The molecule has 0 radical (unpaired) electrons. The number of nitrogens with one attached hydrogen (secondary N) is 1. The van der Waals surface area contributed by atoms with E-state index >= 15 is 0 Å². The fraction of sp³-hybridized carbons (Fsp3) is 0.615. The van der Waals surface area contributed by atoms with Crippen LogP contribution in [0.4, 0.5) is 0 Å². The topological polar surface area (TPSA) is 37.3 Å². The molecule has 17 heavy (non-hydrogen) atoms. The quantitative estimate of drug-likeness (QED) is 0.834. The van der Waals surface area contributed by atoms with Crippen molar-refractivity contribution in [2.45, 2.75) is 19.9 Å². The number of piperazine rings is 1. The summed E-state index contributed by atoms with van der Waals surface area (Å²) in [6, 6.07) is 5.70. The van der Waals surface area contributed by atoms with E-state index in [1.165, 1.54) is 0 Å². The minimum atomic E-state index is 0.104. The highest BCUT2D eigenvalue weighted by Crippen LogP contribution is 2.09. The van der Waals surface area contributed by atoms with Crippen LogP contribution < -0.4 is 10.9 Å². The van der Waals surface area contributed by atoms with Crippen molar-refractivity contribution in [1.82, 2.24) is 14.8 Å². The molecule has 4 nitrogen and oxygen atoms in total. The van der Waals surface area contributed by atoms with Gasteiger partial charge in [0, 0.05) is 50.5 Å². The third-order valence-corrected chi connectivity index (χ3v) is 3.37. The van der Waals surface area contributed by atoms with Crippen molar-refractivity contribution in [1.29, 1.82) is 0 Å². The second kappa shape index (κ2) is 5.47. The highest BCUT2D eigenvalue weighted by Gasteiger charge is 2.15. The zero-order valence-electron chi connectivity index (χ0n) is 10.6. The lowest BCUT2D eigenvalue weighted by molar-refractivity contribution is 0.210. The third-order valence-electron chi connectivity index (χ3n) is 3.37. The highest BCUT2D eigenvalue weighted by atomic mass is 16.1. The van der Waals surface area contributed by atoms with Crippen molar-refractivity contribution in [2.24, 2.45) is 0 Å². The van der Waals surface area contributed by atoms with Crippen molar-refractivity contribution in [3.8, 4) is 0 Å². The smallest absolute Gasteiger partial charge is 0.250 e. The molecule has 1 N–H and O–H groups in total. The van der Waals surface area contributed by atoms with E-state index in [0.717, 1.165) is 38.4 Å². The average molecular weight is 235 g/mol. The summed E-state index contributed by atoms with van der Waals surface area (Å²) in [4.78, 5) is 14.3. The molecular weight excluding hydrogens is 214 g/mol. The molecule has 0 spiro atoms. The maximum atomic E-state index is 11.9. The van der Waals surface area contributed by atoms with E-state index in [4.69, 9.17) is 0 Å². The number of rotatable bonds is 3. The van der Waals surface area contributed by atoms with E-state index in [1.54, 1.807) is 6.07 Å². The normalized spacial score (nSPS) is 19.2. The summed E-state index contributed by atoms with van der Waals surface area (Å²) in [6.45, 7) is 9.32. The summed E-state index contributed by atoms with van der Waals surface area (Å²) < 4.78 is 1.89. The Morgan fingerprint density at radius 1 is 1.35 bits per heavy atom. The predicted molar refractivity (Wildman–Crippen MR) is 69.5 cm³/mol. The second-order valence-corrected chi connectivity index (χ2v) is 4.78. The first-order valence-corrected chi connectivity index (χ1v) is 6.29. The summed E-state index contributed by atoms with van der Waals surface area (Å²) in [7, 11) is 0. The number of aromatic nitrogens is 1. The number of pyridine rings is 1. The minimum Gasteiger partial charge on any atom is -0.314 e. The molecule has 0 bridgehead atoms. The summed E-state index contributed by atoms with van der Waals surface area (Å²) in [5, 5.41) is 3.34. The molecule has 0 aromatic carbocycles. The van der Waals surface area contributed by atoms with E-state index in [0.29, 0.717) is 0 Å². The van der Waals surface area contributed by atoms with Crippen molar-refractivity contribution < 1.29 is 0 Å². The van der Waals surface area contributed by atoms with E-state index in [1.807, 2.05) is 23.6 Å². The molecule has 1 aliphatic heterocycles. The van der Waals surface area contributed by atoms with Crippen LogP contribution in [0.15, 0.2) is 23.0 Å². The van der Waals surface area contributed by atoms with Crippen molar-refractivity contribution >= 4 is 0 Å². The summed E-state index contributed by atoms with van der Waals surface area (Å²) in [6.07, 6.45) is 0. The molecule has 2 rings (SSSR count). The van der Waals surface area contributed by atoms with Crippen LogP contribution in [0.5, 0.6) is 0 Å². The molecule has 1 atom stereocenters. The predicted octanol–water partition coefficient (Wildman–Crippen LogP) is 0.623. The largest absolute Gasteiger partial charge is 0.314 e. The Labute approximate surface area is 102 Å². The van der Waals surface area contributed by atoms with Crippen LogP contribution >= 0.6 is 0 Å². The fourth-order valence-corrected chi connectivity index (χ4v) is 2.52. The van der Waals surface area contributed by atoms with E-state index < -0.39 is 0 Å². The summed E-state index contributed by atoms with van der Waals surface area (Å²) in [5.74, 6) is 0. The maximum Gasteiger partial charge on any atom is 0.250 e. The molecule has 4 heteroatoms. The molecule has 1 aromatic rings. The van der Waals surface area contributed by atoms with Gasteiger partial charge in [-0.2, -0.15) is 0 Å². The number of hydrogen-bond acceptors (Lipinski definition) is 3. The van der Waals surface area contributed by atoms with Crippen LogP contribution in [-0.2, 0) is 0 Å². The Bertz CT molecular complexity index is 421. The molecule has 1 unspecified atom stereocenters. The maximum absolute atomic E-state index is 11.9. The SMILES string of the molecule is Cc1cccc(=O)n1C(C)CN1CCNCC1. The zero-order chi connectivity index (χ0) is 12.3. The van der Waals surface area contributed by atoms with E-state index in [9.17, 15) is 4.79 Å². The Morgan fingerprint density at radius 3 is 2.71 bits per heavy atom. The van der Waals surface area contributed by atoms with Crippen LogP contribution in [0.1, 0.15) is 18.7 Å². The first-order valence-electron chi connectivity index (χ1n) is 6.29. The first-order chi connectivity index (χ1) is 8.18. The van der Waals surface area contributed by atoms with Gasteiger partial charge in [-0.1, -0.05) is 6.07 Å². The first kappa shape index (κ1) is 12.3. The fourth-order valence-electron chi connectivity index (χ4n) is 2.52. The van der Waals surface area contributed by atoms with Crippen LogP contribution in [0.3, 0.4) is 0 Å². The van der Waals surface area contributed by atoms with Gasteiger partial charge in [-0.3, -0.25) is 9.69 Å². The molecule has 2 heterocycles. The standard InChI is InChI=1S/C13H21N3O/c1-11-4-3-5-13(17)16(11)12(2)10-15-8-6-14-7-9-15/h3-5,12,14H,6-10H2,1-2H3. The van der Waals surface area contributed by atoms with E-state index in [2.05, 4.69) is 17.1 Å². The van der Waals surface area contributed by atoms with Gasteiger partial charge in [0.15, 0.2) is 0 Å². The Hall–Kier alpha value is -1.13. The number of aryl methyl sites for hydroxylation is 1. The molecule has 0 amide bonds. The third kappa shape index (κ3) is 2.96. The Kier molecular flexibility index (Phi) is 3.97. The lowest BCUT2D eigenvalue weighted by atomic mass is 10.2. The minimum absolute atomic E-state index is 0.104. The zero-order valence-corrected chi connectivity index (χ0v) is 10.6. The number of hydrogen-bond donors (Lipinski definition) is 1. The number of nitrogens with zero attached hydrogens (tertiary/aromatic N) is 2. The van der Waals surface area contributed by atoms with Gasteiger partial charge in [0.2, 0.25) is 0 Å². The van der Waals surface area contributed by atoms with Gasteiger partial charge in [-0.05, 0) is 19.9 Å². The van der Waals surface area contributed by atoms with Gasteiger partial charge in [0.1, 0.15) is 0 Å².